The Balaban J connectivity index is 1.92. The molecule has 1 saturated heterocycles. The summed E-state index contributed by atoms with van der Waals surface area (Å²) in [6.45, 7) is 3.57. The molecule has 2 aliphatic rings. The Kier molecular flexibility index (Phi) is 4.99. The first-order chi connectivity index (χ1) is 9.09. The number of amides is 1. The van der Waals surface area contributed by atoms with Gasteiger partial charge in [0.15, 0.2) is 0 Å². The first-order valence-electron chi connectivity index (χ1n) is 7.55. The van der Waals surface area contributed by atoms with Gasteiger partial charge in [0.25, 0.3) is 0 Å². The third-order valence-corrected chi connectivity index (χ3v) is 4.43. The highest BCUT2D eigenvalue weighted by molar-refractivity contribution is 5.79. The zero-order valence-electron chi connectivity index (χ0n) is 12.3. The minimum absolute atomic E-state index is 0.143. The average molecular weight is 265 g/mol. The molecule has 2 unspecified atom stereocenters. The van der Waals surface area contributed by atoms with Gasteiger partial charge in [0, 0.05) is 24.8 Å². The molecule has 2 atom stereocenters. The molecule has 1 aliphatic heterocycles. The molecule has 1 amide bonds. The van der Waals surface area contributed by atoms with Crippen molar-refractivity contribution in [2.24, 2.45) is 5.73 Å². The van der Waals surface area contributed by atoms with Crippen molar-refractivity contribution in [3.05, 3.63) is 11.8 Å². The predicted molar refractivity (Wildman–Crippen MR) is 77.6 cm³/mol. The van der Waals surface area contributed by atoms with E-state index in [1.165, 1.54) is 25.0 Å². The first-order valence-corrected chi connectivity index (χ1v) is 7.55. The maximum absolute atomic E-state index is 12.4. The quantitative estimate of drug-likeness (QED) is 0.842. The molecule has 4 heteroatoms. The second kappa shape index (κ2) is 6.53. The topological polar surface area (TPSA) is 49.6 Å². The fourth-order valence-corrected chi connectivity index (χ4v) is 3.21. The van der Waals surface area contributed by atoms with Crippen LogP contribution in [0.4, 0.5) is 0 Å². The van der Waals surface area contributed by atoms with Crippen LogP contribution in [0.15, 0.2) is 11.8 Å². The van der Waals surface area contributed by atoms with Gasteiger partial charge >= 0.3 is 0 Å². The van der Waals surface area contributed by atoms with E-state index >= 15 is 0 Å². The van der Waals surface area contributed by atoms with Crippen LogP contribution in [0.5, 0.6) is 0 Å². The summed E-state index contributed by atoms with van der Waals surface area (Å²) in [5.41, 5.74) is 7.25. The number of carbonyl (C=O) groups excluding carboxylic acids is 1. The van der Waals surface area contributed by atoms with Crippen LogP contribution in [0.1, 0.15) is 45.4 Å². The molecular weight excluding hydrogens is 238 g/mol. The highest BCUT2D eigenvalue weighted by Crippen LogP contribution is 2.22. The number of carbonyl (C=O) groups is 1. The van der Waals surface area contributed by atoms with Gasteiger partial charge in [-0.25, -0.2) is 0 Å². The number of piperidine rings is 1. The van der Waals surface area contributed by atoms with Gasteiger partial charge in [-0.2, -0.15) is 0 Å². The minimum Gasteiger partial charge on any atom is -0.327 e. The summed E-state index contributed by atoms with van der Waals surface area (Å²) in [4.78, 5) is 16.5. The number of nitrogens with zero attached hydrogens (tertiary/aromatic N) is 2. The van der Waals surface area contributed by atoms with Gasteiger partial charge in [0.05, 0.1) is 6.54 Å². The summed E-state index contributed by atoms with van der Waals surface area (Å²) >= 11 is 0. The molecule has 0 saturated carbocycles. The number of likely N-dealkylation sites (tertiary alicyclic amines) is 1. The Morgan fingerprint density at radius 1 is 1.53 bits per heavy atom. The van der Waals surface area contributed by atoms with Crippen LogP contribution in [0, 0.1) is 0 Å². The molecule has 1 aliphatic carbocycles. The lowest BCUT2D eigenvalue weighted by atomic mass is 9.97. The summed E-state index contributed by atoms with van der Waals surface area (Å²) in [5.74, 6) is 0.209. The van der Waals surface area contributed by atoms with Crippen LogP contribution in [-0.2, 0) is 4.79 Å². The predicted octanol–water partition coefficient (Wildman–Crippen LogP) is 1.71. The molecule has 0 aromatic heterocycles. The number of likely N-dealkylation sites (N-methyl/N-ethyl adjacent to an activating group) is 1. The van der Waals surface area contributed by atoms with E-state index in [4.69, 9.17) is 5.73 Å². The molecule has 2 N–H and O–H groups in total. The molecule has 108 valence electrons. The van der Waals surface area contributed by atoms with Gasteiger partial charge in [-0.15, -0.1) is 0 Å². The van der Waals surface area contributed by atoms with Gasteiger partial charge in [0.1, 0.15) is 0 Å². The average Bonchev–Trinajstić information content (AvgIpc) is 2.92. The smallest absolute Gasteiger partial charge is 0.240 e. The number of hydrogen-bond donors (Lipinski definition) is 1. The Morgan fingerprint density at radius 3 is 2.95 bits per heavy atom. The van der Waals surface area contributed by atoms with Gasteiger partial charge < -0.3 is 10.6 Å². The van der Waals surface area contributed by atoms with Crippen LogP contribution in [0.25, 0.3) is 0 Å². The fraction of sp³-hybridized carbons (Fsp3) is 0.800. The molecule has 0 aromatic carbocycles. The molecule has 0 spiro atoms. The monoisotopic (exact) mass is 265 g/mol. The zero-order chi connectivity index (χ0) is 13.8. The van der Waals surface area contributed by atoms with Crippen molar-refractivity contribution in [1.29, 1.82) is 0 Å². The summed E-state index contributed by atoms with van der Waals surface area (Å²) in [6, 6.07) is 0.507. The SMILES string of the molecule is CC(N)C1CCCCN1CC(=O)N(C)C1=CCCC1. The third-order valence-electron chi connectivity index (χ3n) is 4.43. The van der Waals surface area contributed by atoms with Crippen molar-refractivity contribution >= 4 is 5.91 Å². The minimum atomic E-state index is 0.143. The molecule has 2 rings (SSSR count). The third kappa shape index (κ3) is 3.57. The highest BCUT2D eigenvalue weighted by Gasteiger charge is 2.28. The lowest BCUT2D eigenvalue weighted by Crippen LogP contribution is -2.52. The normalized spacial score (nSPS) is 26.1. The molecule has 0 bridgehead atoms. The van der Waals surface area contributed by atoms with E-state index in [1.807, 2.05) is 11.9 Å². The first kappa shape index (κ1) is 14.5. The van der Waals surface area contributed by atoms with Crippen molar-refractivity contribution in [1.82, 2.24) is 9.80 Å². The van der Waals surface area contributed by atoms with Crippen molar-refractivity contribution < 1.29 is 4.79 Å². The van der Waals surface area contributed by atoms with Crippen LogP contribution in [0.3, 0.4) is 0 Å². The summed E-state index contributed by atoms with van der Waals surface area (Å²) in [5, 5.41) is 0. The van der Waals surface area contributed by atoms with E-state index in [0.29, 0.717) is 12.6 Å². The summed E-state index contributed by atoms with van der Waals surface area (Å²) < 4.78 is 0. The van der Waals surface area contributed by atoms with Crippen LogP contribution < -0.4 is 5.73 Å². The van der Waals surface area contributed by atoms with E-state index in [1.54, 1.807) is 0 Å². The Bertz CT molecular complexity index is 351. The van der Waals surface area contributed by atoms with Gasteiger partial charge in [-0.05, 0) is 45.6 Å². The zero-order valence-corrected chi connectivity index (χ0v) is 12.3. The molecular formula is C15H27N3O. The second-order valence-electron chi connectivity index (χ2n) is 5.93. The van der Waals surface area contributed by atoms with Gasteiger partial charge in [-0.3, -0.25) is 9.69 Å². The maximum atomic E-state index is 12.4. The van der Waals surface area contributed by atoms with Crippen molar-refractivity contribution in [2.45, 2.75) is 57.5 Å². The molecule has 1 fully saturated rings. The number of hydrogen-bond acceptors (Lipinski definition) is 3. The van der Waals surface area contributed by atoms with Crippen LogP contribution in [-0.4, -0.2) is 47.9 Å². The standard InChI is InChI=1S/C15H27N3O/c1-12(16)14-9-5-6-10-18(14)11-15(19)17(2)13-7-3-4-8-13/h7,12,14H,3-6,8-11,16H2,1-2H3. The molecule has 4 nitrogen and oxygen atoms in total. The number of nitrogens with two attached hydrogens (primary N) is 1. The molecule has 19 heavy (non-hydrogen) atoms. The van der Waals surface area contributed by atoms with E-state index in [-0.39, 0.29) is 11.9 Å². The Morgan fingerprint density at radius 2 is 2.32 bits per heavy atom. The lowest BCUT2D eigenvalue weighted by Gasteiger charge is -2.38. The molecule has 0 aromatic rings. The van der Waals surface area contributed by atoms with Gasteiger partial charge in [-0.1, -0.05) is 12.5 Å². The van der Waals surface area contributed by atoms with E-state index in [2.05, 4.69) is 17.9 Å². The number of allylic oxidation sites excluding steroid dienone is 2. The molecule has 0 radical (unpaired) electrons. The number of rotatable bonds is 4. The van der Waals surface area contributed by atoms with Crippen molar-refractivity contribution in [3.63, 3.8) is 0 Å². The Labute approximate surface area is 116 Å². The van der Waals surface area contributed by atoms with Gasteiger partial charge in [0.2, 0.25) is 5.91 Å². The van der Waals surface area contributed by atoms with Crippen molar-refractivity contribution in [3.8, 4) is 0 Å². The lowest BCUT2D eigenvalue weighted by molar-refractivity contribution is -0.130. The van der Waals surface area contributed by atoms with E-state index < -0.39 is 0 Å². The fourth-order valence-electron chi connectivity index (χ4n) is 3.21. The highest BCUT2D eigenvalue weighted by atomic mass is 16.2. The second-order valence-corrected chi connectivity index (χ2v) is 5.93. The Hall–Kier alpha value is -0.870. The maximum Gasteiger partial charge on any atom is 0.240 e. The largest absolute Gasteiger partial charge is 0.327 e. The molecule has 1 heterocycles. The summed E-state index contributed by atoms with van der Waals surface area (Å²) in [6.07, 6.45) is 9.06. The van der Waals surface area contributed by atoms with Crippen LogP contribution >= 0.6 is 0 Å². The van der Waals surface area contributed by atoms with E-state index in [0.717, 1.165) is 25.8 Å². The van der Waals surface area contributed by atoms with Crippen LogP contribution in [0.2, 0.25) is 0 Å². The van der Waals surface area contributed by atoms with Crippen molar-refractivity contribution in [2.75, 3.05) is 20.1 Å². The van der Waals surface area contributed by atoms with E-state index in [9.17, 15) is 4.79 Å². The summed E-state index contributed by atoms with van der Waals surface area (Å²) in [7, 11) is 1.91.